The highest BCUT2D eigenvalue weighted by Crippen LogP contribution is 2.24. The van der Waals surface area contributed by atoms with Crippen LogP contribution in [0.5, 0.6) is 0 Å². The number of aromatic nitrogens is 1. The maximum absolute atomic E-state index is 4.74. The summed E-state index contributed by atoms with van der Waals surface area (Å²) in [7, 11) is 2.10. The summed E-state index contributed by atoms with van der Waals surface area (Å²) in [5.41, 5.74) is 3.81. The van der Waals surface area contributed by atoms with Gasteiger partial charge in [-0.05, 0) is 31.5 Å². The van der Waals surface area contributed by atoms with Crippen LogP contribution < -0.4 is 10.2 Å². The highest BCUT2D eigenvalue weighted by molar-refractivity contribution is 7.13. The zero-order valence-corrected chi connectivity index (χ0v) is 13.5. The van der Waals surface area contributed by atoms with Crippen LogP contribution in [0, 0.1) is 6.92 Å². The van der Waals surface area contributed by atoms with E-state index in [1.54, 1.807) is 11.3 Å². The van der Waals surface area contributed by atoms with E-state index in [1.165, 1.54) is 11.1 Å². The van der Waals surface area contributed by atoms with Gasteiger partial charge in [0.15, 0.2) is 5.13 Å². The van der Waals surface area contributed by atoms with Gasteiger partial charge in [0.25, 0.3) is 0 Å². The minimum atomic E-state index is 0.317. The fourth-order valence-corrected chi connectivity index (χ4v) is 3.06. The second-order valence-electron chi connectivity index (χ2n) is 5.12. The van der Waals surface area contributed by atoms with E-state index in [0.29, 0.717) is 6.04 Å². The van der Waals surface area contributed by atoms with Gasteiger partial charge in [-0.2, -0.15) is 0 Å². The fraction of sp³-hybridized carbons (Fsp3) is 0.438. The Morgan fingerprint density at radius 3 is 2.80 bits per heavy atom. The van der Waals surface area contributed by atoms with Gasteiger partial charge in [0.2, 0.25) is 0 Å². The molecule has 0 aliphatic heterocycles. The minimum absolute atomic E-state index is 0.317. The molecule has 108 valence electrons. The lowest BCUT2D eigenvalue weighted by atomic mass is 10.1. The third kappa shape index (κ3) is 3.58. The Hall–Kier alpha value is -1.39. The molecule has 1 unspecified atom stereocenters. The van der Waals surface area contributed by atoms with Crippen molar-refractivity contribution in [3.63, 3.8) is 0 Å². The third-order valence-electron chi connectivity index (χ3n) is 3.46. The monoisotopic (exact) mass is 289 g/mol. The zero-order valence-electron chi connectivity index (χ0n) is 12.7. The molecule has 0 spiro atoms. The molecule has 4 heteroatoms. The highest BCUT2D eigenvalue weighted by Gasteiger charge is 2.12. The molecule has 2 rings (SSSR count). The lowest BCUT2D eigenvalue weighted by molar-refractivity contribution is 0.586. The zero-order chi connectivity index (χ0) is 14.5. The van der Waals surface area contributed by atoms with Crippen molar-refractivity contribution in [2.75, 3.05) is 18.5 Å². The summed E-state index contributed by atoms with van der Waals surface area (Å²) in [6, 6.07) is 8.83. The van der Waals surface area contributed by atoms with Crippen molar-refractivity contribution >= 4 is 16.5 Å². The van der Waals surface area contributed by atoms with E-state index < -0.39 is 0 Å². The smallest absolute Gasteiger partial charge is 0.185 e. The van der Waals surface area contributed by atoms with Crippen molar-refractivity contribution in [3.05, 3.63) is 46.5 Å². The molecule has 2 aromatic rings. The average Bonchev–Trinajstić information content (AvgIpc) is 2.91. The van der Waals surface area contributed by atoms with Crippen LogP contribution in [-0.4, -0.2) is 18.6 Å². The maximum atomic E-state index is 4.74. The highest BCUT2D eigenvalue weighted by atomic mass is 32.1. The quantitative estimate of drug-likeness (QED) is 0.877. The molecule has 0 saturated carbocycles. The van der Waals surface area contributed by atoms with Crippen molar-refractivity contribution in [1.82, 2.24) is 10.3 Å². The lowest BCUT2D eigenvalue weighted by Gasteiger charge is -2.17. The van der Waals surface area contributed by atoms with Crippen LogP contribution in [-0.2, 0) is 6.54 Å². The molecule has 3 nitrogen and oxygen atoms in total. The van der Waals surface area contributed by atoms with Crippen molar-refractivity contribution in [2.45, 2.75) is 33.4 Å². The predicted molar refractivity (Wildman–Crippen MR) is 87.5 cm³/mol. The average molecular weight is 289 g/mol. The first-order valence-corrected chi connectivity index (χ1v) is 7.94. The molecular weight excluding hydrogens is 266 g/mol. The molecule has 0 saturated heterocycles. The molecule has 1 heterocycles. The van der Waals surface area contributed by atoms with E-state index >= 15 is 0 Å². The molecule has 20 heavy (non-hydrogen) atoms. The van der Waals surface area contributed by atoms with Gasteiger partial charge in [-0.1, -0.05) is 31.2 Å². The Bertz CT molecular complexity index is 550. The Morgan fingerprint density at radius 2 is 2.10 bits per heavy atom. The number of hydrogen-bond acceptors (Lipinski definition) is 4. The van der Waals surface area contributed by atoms with E-state index in [-0.39, 0.29) is 0 Å². The van der Waals surface area contributed by atoms with Crippen LogP contribution in [0.1, 0.15) is 36.7 Å². The molecule has 0 amide bonds. The Labute approximate surface area is 125 Å². The van der Waals surface area contributed by atoms with Gasteiger partial charge < -0.3 is 10.2 Å². The van der Waals surface area contributed by atoms with E-state index in [4.69, 9.17) is 4.98 Å². The number of rotatable bonds is 6. The van der Waals surface area contributed by atoms with Gasteiger partial charge in [-0.15, -0.1) is 11.3 Å². The second kappa shape index (κ2) is 6.86. The number of aryl methyl sites for hydroxylation is 1. The van der Waals surface area contributed by atoms with Crippen LogP contribution in [0.15, 0.2) is 29.6 Å². The maximum Gasteiger partial charge on any atom is 0.185 e. The van der Waals surface area contributed by atoms with Crippen LogP contribution in [0.25, 0.3) is 0 Å². The Balaban J connectivity index is 2.06. The number of thiazole rings is 1. The number of anilines is 1. The van der Waals surface area contributed by atoms with Gasteiger partial charge in [0.05, 0.1) is 5.69 Å². The van der Waals surface area contributed by atoms with E-state index in [9.17, 15) is 0 Å². The van der Waals surface area contributed by atoms with E-state index in [1.807, 2.05) is 0 Å². The number of benzene rings is 1. The predicted octanol–water partition coefficient (Wildman–Crippen LogP) is 3.76. The van der Waals surface area contributed by atoms with Gasteiger partial charge in [-0.3, -0.25) is 0 Å². The first kappa shape index (κ1) is 15.0. The lowest BCUT2D eigenvalue weighted by Crippen LogP contribution is -2.19. The fourth-order valence-electron chi connectivity index (χ4n) is 2.17. The SMILES string of the molecule is CCNC(C)c1csc(N(C)Cc2ccccc2C)n1. The molecule has 1 aromatic carbocycles. The van der Waals surface area contributed by atoms with E-state index in [2.05, 4.69) is 67.7 Å². The molecule has 0 bridgehead atoms. The van der Waals surface area contributed by atoms with Gasteiger partial charge in [-0.25, -0.2) is 4.98 Å². The van der Waals surface area contributed by atoms with Crippen LogP contribution >= 0.6 is 11.3 Å². The molecular formula is C16H23N3S. The normalized spacial score (nSPS) is 12.4. The van der Waals surface area contributed by atoms with Crippen LogP contribution in [0.3, 0.4) is 0 Å². The Morgan fingerprint density at radius 1 is 1.35 bits per heavy atom. The van der Waals surface area contributed by atoms with Crippen molar-refractivity contribution in [3.8, 4) is 0 Å². The van der Waals surface area contributed by atoms with Gasteiger partial charge in [0.1, 0.15) is 0 Å². The molecule has 0 fully saturated rings. The van der Waals surface area contributed by atoms with Crippen molar-refractivity contribution in [1.29, 1.82) is 0 Å². The molecule has 1 atom stereocenters. The summed E-state index contributed by atoms with van der Waals surface area (Å²) in [4.78, 5) is 6.95. The summed E-state index contributed by atoms with van der Waals surface area (Å²) in [5, 5.41) is 6.63. The van der Waals surface area contributed by atoms with Crippen molar-refractivity contribution in [2.24, 2.45) is 0 Å². The Kier molecular flexibility index (Phi) is 5.15. The third-order valence-corrected chi connectivity index (χ3v) is 4.43. The van der Waals surface area contributed by atoms with Gasteiger partial charge >= 0.3 is 0 Å². The minimum Gasteiger partial charge on any atom is -0.347 e. The topological polar surface area (TPSA) is 28.2 Å². The van der Waals surface area contributed by atoms with Crippen LogP contribution in [0.4, 0.5) is 5.13 Å². The summed E-state index contributed by atoms with van der Waals surface area (Å²) in [5.74, 6) is 0. The molecule has 1 N–H and O–H groups in total. The summed E-state index contributed by atoms with van der Waals surface area (Å²) in [6.45, 7) is 8.30. The standard InChI is InChI=1S/C16H23N3S/c1-5-17-13(3)15-11-20-16(18-15)19(4)10-14-9-7-6-8-12(14)2/h6-9,11,13,17H,5,10H2,1-4H3. The number of hydrogen-bond donors (Lipinski definition) is 1. The largest absolute Gasteiger partial charge is 0.347 e. The number of nitrogens with one attached hydrogen (secondary N) is 1. The molecule has 1 aromatic heterocycles. The van der Waals surface area contributed by atoms with Crippen LogP contribution in [0.2, 0.25) is 0 Å². The molecule has 0 radical (unpaired) electrons. The summed E-state index contributed by atoms with van der Waals surface area (Å²) >= 11 is 1.71. The number of nitrogens with zero attached hydrogens (tertiary/aromatic N) is 2. The van der Waals surface area contributed by atoms with E-state index in [0.717, 1.165) is 23.9 Å². The van der Waals surface area contributed by atoms with Gasteiger partial charge in [0, 0.05) is 25.0 Å². The first-order valence-electron chi connectivity index (χ1n) is 7.06. The first-order chi connectivity index (χ1) is 9.61. The molecule has 0 aliphatic carbocycles. The summed E-state index contributed by atoms with van der Waals surface area (Å²) in [6.07, 6.45) is 0. The molecule has 0 aliphatic rings. The summed E-state index contributed by atoms with van der Waals surface area (Å²) < 4.78 is 0. The van der Waals surface area contributed by atoms with Crippen molar-refractivity contribution < 1.29 is 0 Å². The second-order valence-corrected chi connectivity index (χ2v) is 5.95.